The molecular formula is C15H24N2O2. The molecule has 1 aromatic rings. The number of hydrogen-bond donors (Lipinski definition) is 1. The molecule has 0 aromatic carbocycles. The van der Waals surface area contributed by atoms with Crippen molar-refractivity contribution in [3.63, 3.8) is 0 Å². The van der Waals surface area contributed by atoms with Crippen molar-refractivity contribution in [2.45, 2.75) is 51.3 Å². The van der Waals surface area contributed by atoms with Gasteiger partial charge in [-0.25, -0.2) is 0 Å². The van der Waals surface area contributed by atoms with Crippen molar-refractivity contribution in [3.05, 3.63) is 24.0 Å². The highest BCUT2D eigenvalue weighted by molar-refractivity contribution is 5.30. The average molecular weight is 264 g/mol. The quantitative estimate of drug-likeness (QED) is 0.783. The largest absolute Gasteiger partial charge is 0.493 e. The highest BCUT2D eigenvalue weighted by Gasteiger charge is 2.21. The summed E-state index contributed by atoms with van der Waals surface area (Å²) < 4.78 is 11.3. The standard InChI is InChI=1S/C15H24N2O2/c1-15(2,18-3)7-9-19-14-6-8-16-10-12(14)11-17-13-4-5-13/h6,8,10,13,17H,4-5,7,9,11H2,1-3H3. The lowest BCUT2D eigenvalue weighted by Crippen LogP contribution is -2.25. The molecule has 1 aliphatic rings. The Bertz CT molecular complexity index is 403. The van der Waals surface area contributed by atoms with Crippen molar-refractivity contribution >= 4 is 0 Å². The molecule has 19 heavy (non-hydrogen) atoms. The van der Waals surface area contributed by atoms with Crippen LogP contribution < -0.4 is 10.1 Å². The number of methoxy groups -OCH3 is 1. The van der Waals surface area contributed by atoms with Gasteiger partial charge in [-0.3, -0.25) is 4.98 Å². The molecule has 1 aliphatic carbocycles. The molecule has 1 heterocycles. The summed E-state index contributed by atoms with van der Waals surface area (Å²) in [5, 5.41) is 3.49. The van der Waals surface area contributed by atoms with Crippen LogP contribution in [0.25, 0.3) is 0 Å². The van der Waals surface area contributed by atoms with E-state index in [2.05, 4.69) is 24.1 Å². The first-order chi connectivity index (χ1) is 9.11. The molecule has 106 valence electrons. The molecule has 0 bridgehead atoms. The summed E-state index contributed by atoms with van der Waals surface area (Å²) in [6.07, 6.45) is 7.10. The maximum atomic E-state index is 5.87. The van der Waals surface area contributed by atoms with Crippen LogP contribution in [0.3, 0.4) is 0 Å². The first-order valence-electron chi connectivity index (χ1n) is 6.95. The number of ether oxygens (including phenoxy) is 2. The van der Waals surface area contributed by atoms with Gasteiger partial charge in [0.25, 0.3) is 0 Å². The second-order valence-electron chi connectivity index (χ2n) is 5.70. The minimum absolute atomic E-state index is 0.139. The summed E-state index contributed by atoms with van der Waals surface area (Å²) in [6.45, 7) is 5.62. The van der Waals surface area contributed by atoms with Gasteiger partial charge in [-0.2, -0.15) is 0 Å². The molecule has 0 radical (unpaired) electrons. The smallest absolute Gasteiger partial charge is 0.126 e. The number of hydrogen-bond acceptors (Lipinski definition) is 4. The maximum absolute atomic E-state index is 5.87. The van der Waals surface area contributed by atoms with E-state index in [1.807, 2.05) is 12.3 Å². The predicted molar refractivity (Wildman–Crippen MR) is 75.3 cm³/mol. The van der Waals surface area contributed by atoms with E-state index in [9.17, 15) is 0 Å². The third kappa shape index (κ3) is 4.80. The number of nitrogens with zero attached hydrogens (tertiary/aromatic N) is 1. The monoisotopic (exact) mass is 264 g/mol. The van der Waals surface area contributed by atoms with Crippen LogP contribution in [0.15, 0.2) is 18.5 Å². The van der Waals surface area contributed by atoms with E-state index in [4.69, 9.17) is 9.47 Å². The molecule has 1 fully saturated rings. The Labute approximate surface area is 115 Å². The summed E-state index contributed by atoms with van der Waals surface area (Å²) in [4.78, 5) is 4.17. The van der Waals surface area contributed by atoms with Crippen LogP contribution in [-0.2, 0) is 11.3 Å². The van der Waals surface area contributed by atoms with Gasteiger partial charge in [-0.15, -0.1) is 0 Å². The molecule has 1 aromatic heterocycles. The molecule has 0 unspecified atom stereocenters. The zero-order valence-corrected chi connectivity index (χ0v) is 12.1. The molecule has 4 nitrogen and oxygen atoms in total. The Morgan fingerprint density at radius 1 is 1.42 bits per heavy atom. The number of nitrogens with one attached hydrogen (secondary N) is 1. The lowest BCUT2D eigenvalue weighted by molar-refractivity contribution is 0.00536. The van der Waals surface area contributed by atoms with Crippen LogP contribution in [0.1, 0.15) is 38.7 Å². The van der Waals surface area contributed by atoms with Crippen LogP contribution >= 0.6 is 0 Å². The van der Waals surface area contributed by atoms with Crippen molar-refractivity contribution in [2.75, 3.05) is 13.7 Å². The van der Waals surface area contributed by atoms with E-state index >= 15 is 0 Å². The Hall–Kier alpha value is -1.13. The van der Waals surface area contributed by atoms with E-state index in [-0.39, 0.29) is 5.60 Å². The highest BCUT2D eigenvalue weighted by Crippen LogP contribution is 2.22. The van der Waals surface area contributed by atoms with Gasteiger partial charge in [0.15, 0.2) is 0 Å². The van der Waals surface area contributed by atoms with Gasteiger partial charge in [0, 0.05) is 44.1 Å². The van der Waals surface area contributed by atoms with Crippen molar-refractivity contribution in [3.8, 4) is 5.75 Å². The van der Waals surface area contributed by atoms with Crippen molar-refractivity contribution < 1.29 is 9.47 Å². The summed E-state index contributed by atoms with van der Waals surface area (Å²) in [7, 11) is 1.73. The molecule has 0 aliphatic heterocycles. The zero-order valence-electron chi connectivity index (χ0n) is 12.1. The highest BCUT2D eigenvalue weighted by atomic mass is 16.5. The van der Waals surface area contributed by atoms with Crippen LogP contribution in [0.5, 0.6) is 5.75 Å². The molecule has 2 rings (SSSR count). The fourth-order valence-electron chi connectivity index (χ4n) is 1.74. The summed E-state index contributed by atoms with van der Waals surface area (Å²) in [5.74, 6) is 0.926. The number of rotatable bonds is 8. The van der Waals surface area contributed by atoms with Crippen molar-refractivity contribution in [2.24, 2.45) is 0 Å². The molecule has 0 amide bonds. The Morgan fingerprint density at radius 2 is 2.21 bits per heavy atom. The first kappa shape index (κ1) is 14.3. The summed E-state index contributed by atoms with van der Waals surface area (Å²) in [6, 6.07) is 2.63. The SMILES string of the molecule is COC(C)(C)CCOc1ccncc1CNC1CC1. The Kier molecular flexibility index (Phi) is 4.77. The second kappa shape index (κ2) is 6.35. The fourth-order valence-corrected chi connectivity index (χ4v) is 1.74. The van der Waals surface area contributed by atoms with E-state index in [1.54, 1.807) is 13.3 Å². The lowest BCUT2D eigenvalue weighted by atomic mass is 10.1. The topological polar surface area (TPSA) is 43.4 Å². The van der Waals surface area contributed by atoms with Gasteiger partial charge >= 0.3 is 0 Å². The van der Waals surface area contributed by atoms with Crippen LogP contribution in [-0.4, -0.2) is 30.3 Å². The lowest BCUT2D eigenvalue weighted by Gasteiger charge is -2.23. The third-order valence-electron chi connectivity index (χ3n) is 3.53. The van der Waals surface area contributed by atoms with Crippen molar-refractivity contribution in [1.29, 1.82) is 0 Å². The zero-order chi connectivity index (χ0) is 13.7. The van der Waals surface area contributed by atoms with E-state index < -0.39 is 0 Å². The summed E-state index contributed by atoms with van der Waals surface area (Å²) in [5.41, 5.74) is 0.990. The molecular weight excluding hydrogens is 240 g/mol. The number of aromatic nitrogens is 1. The average Bonchev–Trinajstić information content (AvgIpc) is 3.21. The van der Waals surface area contributed by atoms with Gasteiger partial charge < -0.3 is 14.8 Å². The maximum Gasteiger partial charge on any atom is 0.126 e. The summed E-state index contributed by atoms with van der Waals surface area (Å²) >= 11 is 0. The predicted octanol–water partition coefficient (Wildman–Crippen LogP) is 2.53. The number of pyridine rings is 1. The van der Waals surface area contributed by atoms with Gasteiger partial charge in [0.1, 0.15) is 5.75 Å². The Morgan fingerprint density at radius 3 is 2.89 bits per heavy atom. The van der Waals surface area contributed by atoms with E-state index in [1.165, 1.54) is 12.8 Å². The van der Waals surface area contributed by atoms with Gasteiger partial charge in [-0.1, -0.05) is 0 Å². The normalized spacial score (nSPS) is 15.5. The van der Waals surface area contributed by atoms with Crippen LogP contribution in [0.2, 0.25) is 0 Å². The molecule has 0 saturated heterocycles. The molecule has 1 saturated carbocycles. The van der Waals surface area contributed by atoms with E-state index in [0.29, 0.717) is 12.6 Å². The van der Waals surface area contributed by atoms with Crippen LogP contribution in [0.4, 0.5) is 0 Å². The van der Waals surface area contributed by atoms with Crippen molar-refractivity contribution in [1.82, 2.24) is 10.3 Å². The Balaban J connectivity index is 1.84. The fraction of sp³-hybridized carbons (Fsp3) is 0.667. The second-order valence-corrected chi connectivity index (χ2v) is 5.70. The minimum Gasteiger partial charge on any atom is -0.493 e. The first-order valence-corrected chi connectivity index (χ1v) is 6.95. The molecule has 4 heteroatoms. The third-order valence-corrected chi connectivity index (χ3v) is 3.53. The molecule has 1 N–H and O–H groups in total. The van der Waals surface area contributed by atoms with Gasteiger partial charge in [0.2, 0.25) is 0 Å². The van der Waals surface area contributed by atoms with Gasteiger partial charge in [-0.05, 0) is 32.8 Å². The molecule has 0 spiro atoms. The molecule has 0 atom stereocenters. The van der Waals surface area contributed by atoms with Gasteiger partial charge in [0.05, 0.1) is 12.2 Å². The van der Waals surface area contributed by atoms with E-state index in [0.717, 1.165) is 24.3 Å². The minimum atomic E-state index is -0.139. The van der Waals surface area contributed by atoms with Crippen LogP contribution in [0, 0.1) is 0 Å².